The number of carbonyl (C=O) groups excluding carboxylic acids is 2. The van der Waals surface area contributed by atoms with Crippen LogP contribution in [0.5, 0.6) is 0 Å². The number of ether oxygens (including phenoxy) is 2. The summed E-state index contributed by atoms with van der Waals surface area (Å²) in [5, 5.41) is 3.25. The third-order valence-electron chi connectivity index (χ3n) is 5.90. The van der Waals surface area contributed by atoms with Crippen LogP contribution in [0.4, 0.5) is 5.69 Å². The second-order valence-corrected chi connectivity index (χ2v) is 12.9. The highest BCUT2D eigenvalue weighted by Gasteiger charge is 2.28. The van der Waals surface area contributed by atoms with Gasteiger partial charge < -0.3 is 9.47 Å². The molecule has 0 aromatic heterocycles. The van der Waals surface area contributed by atoms with E-state index in [1.165, 1.54) is 13.2 Å². The number of hydrogen-bond acceptors (Lipinski definition) is 5. The molecule has 198 valence electrons. The van der Waals surface area contributed by atoms with E-state index in [4.69, 9.17) is 14.2 Å². The number of methoxy groups -OCH3 is 1. The van der Waals surface area contributed by atoms with Crippen molar-refractivity contribution in [2.24, 2.45) is 4.74 Å². The molecule has 6 heteroatoms. The molecule has 0 N–H and O–H groups in total. The smallest absolute Gasteiger partial charge is 0.337 e. The van der Waals surface area contributed by atoms with Gasteiger partial charge >= 0.3 is 11.9 Å². The lowest BCUT2D eigenvalue weighted by atomic mass is 10.1. The first-order chi connectivity index (χ1) is 18.7. The Hall–Kier alpha value is -4.21. The van der Waals surface area contributed by atoms with E-state index in [2.05, 4.69) is 36.4 Å². The van der Waals surface area contributed by atoms with Crippen LogP contribution in [0.3, 0.4) is 0 Å². The third-order valence-corrected chi connectivity index (χ3v) is 9.55. The summed E-state index contributed by atoms with van der Waals surface area (Å²) in [6, 6.07) is 36.0. The SMILES string of the molecule is COC(=O)c1ccc(N=P(c2ccccc2)(c2ccccc2)c2ccccc2)c(/C=C/C(=O)OC(C)(C)C)c1. The summed E-state index contributed by atoms with van der Waals surface area (Å²) in [6.45, 7) is 5.45. The van der Waals surface area contributed by atoms with Crippen molar-refractivity contribution >= 4 is 46.7 Å². The lowest BCUT2D eigenvalue weighted by Crippen LogP contribution is -2.25. The minimum Gasteiger partial charge on any atom is -0.465 e. The van der Waals surface area contributed by atoms with Crippen molar-refractivity contribution in [3.8, 4) is 0 Å². The van der Waals surface area contributed by atoms with Crippen LogP contribution < -0.4 is 15.9 Å². The van der Waals surface area contributed by atoms with Crippen LogP contribution in [0.25, 0.3) is 6.08 Å². The largest absolute Gasteiger partial charge is 0.465 e. The Labute approximate surface area is 230 Å². The van der Waals surface area contributed by atoms with Crippen LogP contribution in [0.1, 0.15) is 36.7 Å². The van der Waals surface area contributed by atoms with Gasteiger partial charge in [-0.15, -0.1) is 0 Å². The first-order valence-electron chi connectivity index (χ1n) is 12.7. The monoisotopic (exact) mass is 537 g/mol. The Balaban J connectivity index is 2.03. The van der Waals surface area contributed by atoms with E-state index in [9.17, 15) is 9.59 Å². The lowest BCUT2D eigenvalue weighted by Gasteiger charge is -2.27. The molecular weight excluding hydrogens is 505 g/mol. The van der Waals surface area contributed by atoms with Crippen LogP contribution in [0, 0.1) is 0 Å². The molecule has 4 aromatic rings. The molecule has 39 heavy (non-hydrogen) atoms. The maximum absolute atomic E-state index is 12.5. The van der Waals surface area contributed by atoms with E-state index in [1.807, 2.05) is 81.4 Å². The van der Waals surface area contributed by atoms with E-state index < -0.39 is 24.6 Å². The molecule has 0 spiro atoms. The molecule has 0 fully saturated rings. The fourth-order valence-electron chi connectivity index (χ4n) is 4.23. The molecule has 5 nitrogen and oxygen atoms in total. The number of esters is 2. The van der Waals surface area contributed by atoms with Crippen LogP contribution in [-0.2, 0) is 14.3 Å². The van der Waals surface area contributed by atoms with Crippen molar-refractivity contribution in [1.29, 1.82) is 0 Å². The highest BCUT2D eigenvalue weighted by atomic mass is 31.2. The van der Waals surface area contributed by atoms with Gasteiger partial charge in [0.25, 0.3) is 0 Å². The van der Waals surface area contributed by atoms with E-state index in [-0.39, 0.29) is 0 Å². The number of carbonyl (C=O) groups is 2. The highest BCUT2D eigenvalue weighted by molar-refractivity contribution is 7.87. The Morgan fingerprint density at radius 2 is 1.23 bits per heavy atom. The minimum absolute atomic E-state index is 0.364. The molecule has 0 heterocycles. The molecule has 0 aliphatic heterocycles. The summed E-state index contributed by atoms with van der Waals surface area (Å²) in [7, 11) is -1.23. The van der Waals surface area contributed by atoms with Crippen molar-refractivity contribution in [2.45, 2.75) is 26.4 Å². The summed E-state index contributed by atoms with van der Waals surface area (Å²) in [5.41, 5.74) is 0.989. The van der Waals surface area contributed by atoms with Crippen molar-refractivity contribution in [3.05, 3.63) is 126 Å². The summed E-state index contributed by atoms with van der Waals surface area (Å²) in [5.74, 6) is -0.948. The van der Waals surface area contributed by atoms with Gasteiger partial charge in [0.2, 0.25) is 0 Å². The number of hydrogen-bond donors (Lipinski definition) is 0. The predicted molar refractivity (Wildman–Crippen MR) is 160 cm³/mol. The van der Waals surface area contributed by atoms with Gasteiger partial charge in [0.1, 0.15) is 5.60 Å². The van der Waals surface area contributed by atoms with Crippen LogP contribution >= 0.6 is 7.05 Å². The molecule has 4 rings (SSSR count). The van der Waals surface area contributed by atoms with Gasteiger partial charge in [-0.25, -0.2) is 9.59 Å². The van der Waals surface area contributed by atoms with E-state index >= 15 is 0 Å². The van der Waals surface area contributed by atoms with Crippen LogP contribution in [0.2, 0.25) is 0 Å². The average molecular weight is 538 g/mol. The normalized spacial score (nSPS) is 11.7. The van der Waals surface area contributed by atoms with Gasteiger partial charge in [-0.2, -0.15) is 0 Å². The van der Waals surface area contributed by atoms with Gasteiger partial charge in [0.05, 0.1) is 25.4 Å². The summed E-state index contributed by atoms with van der Waals surface area (Å²) < 4.78 is 16.0. The molecule has 4 aromatic carbocycles. The fourth-order valence-corrected chi connectivity index (χ4v) is 7.79. The first-order valence-corrected chi connectivity index (χ1v) is 14.4. The molecular formula is C33H32NO4P. The predicted octanol–water partition coefficient (Wildman–Crippen LogP) is 6.64. The van der Waals surface area contributed by atoms with Crippen molar-refractivity contribution in [3.63, 3.8) is 0 Å². The molecule has 0 amide bonds. The quantitative estimate of drug-likeness (QED) is 0.151. The number of nitrogens with zero attached hydrogens (tertiary/aromatic N) is 1. The van der Waals surface area contributed by atoms with Crippen molar-refractivity contribution in [1.82, 2.24) is 0 Å². The summed E-state index contributed by atoms with van der Waals surface area (Å²) >= 11 is 0. The maximum Gasteiger partial charge on any atom is 0.337 e. The molecule has 0 aliphatic rings. The molecule has 0 atom stereocenters. The van der Waals surface area contributed by atoms with Crippen molar-refractivity contribution < 1.29 is 19.1 Å². The van der Waals surface area contributed by atoms with Gasteiger partial charge in [-0.05, 0) is 45.0 Å². The van der Waals surface area contributed by atoms with E-state index in [1.54, 1.807) is 18.2 Å². The van der Waals surface area contributed by atoms with Crippen LogP contribution in [-0.4, -0.2) is 24.6 Å². The molecule has 0 aliphatic carbocycles. The van der Waals surface area contributed by atoms with E-state index in [0.29, 0.717) is 16.8 Å². The Bertz CT molecular complexity index is 1420. The molecule has 0 radical (unpaired) electrons. The third kappa shape index (κ3) is 6.63. The molecule has 0 saturated heterocycles. The Morgan fingerprint density at radius 3 is 1.67 bits per heavy atom. The van der Waals surface area contributed by atoms with Gasteiger partial charge in [-0.1, -0.05) is 91.0 Å². The second kappa shape index (κ2) is 12.1. The zero-order valence-corrected chi connectivity index (χ0v) is 23.5. The topological polar surface area (TPSA) is 65.0 Å². The minimum atomic E-state index is -2.57. The van der Waals surface area contributed by atoms with Gasteiger partial charge in [0, 0.05) is 27.6 Å². The fraction of sp³-hybridized carbons (Fsp3) is 0.152. The zero-order chi connectivity index (χ0) is 27.9. The molecule has 0 unspecified atom stereocenters. The van der Waals surface area contributed by atoms with Crippen LogP contribution in [0.15, 0.2) is 120 Å². The summed E-state index contributed by atoms with van der Waals surface area (Å²) in [4.78, 5) is 24.9. The molecule has 0 saturated carbocycles. The average Bonchev–Trinajstić information content (AvgIpc) is 2.95. The lowest BCUT2D eigenvalue weighted by molar-refractivity contribution is -0.148. The van der Waals surface area contributed by atoms with E-state index in [0.717, 1.165) is 15.9 Å². The zero-order valence-electron chi connectivity index (χ0n) is 22.6. The Kier molecular flexibility index (Phi) is 8.63. The molecule has 0 bridgehead atoms. The first kappa shape index (κ1) is 27.8. The van der Waals surface area contributed by atoms with Gasteiger partial charge in [0.15, 0.2) is 0 Å². The number of rotatable bonds is 7. The number of benzene rings is 4. The standard InChI is InChI=1S/C33H32NO4P/c1-33(2,3)38-31(35)23-21-25-24-26(32(36)37-4)20-22-30(25)34-39(27-14-8-5-9-15-27,28-16-10-6-11-17-28)29-18-12-7-13-19-29/h5-24H,1-4H3/b23-21+. The second-order valence-electron chi connectivity index (χ2n) is 9.87. The van der Waals surface area contributed by atoms with Gasteiger partial charge in [-0.3, -0.25) is 4.74 Å². The highest BCUT2D eigenvalue weighted by Crippen LogP contribution is 2.50. The van der Waals surface area contributed by atoms with Crippen molar-refractivity contribution in [2.75, 3.05) is 7.11 Å². The Morgan fingerprint density at radius 1 is 0.744 bits per heavy atom. The maximum atomic E-state index is 12.5. The summed E-state index contributed by atoms with van der Waals surface area (Å²) in [6.07, 6.45) is 3.02.